The van der Waals surface area contributed by atoms with Gasteiger partial charge in [-0.3, -0.25) is 0 Å². The zero-order valence-corrected chi connectivity index (χ0v) is 11.1. The lowest BCUT2D eigenvalue weighted by Crippen LogP contribution is -2.04. The average molecular weight is 236 g/mol. The molecule has 1 heterocycles. The van der Waals surface area contributed by atoms with Crippen LogP contribution < -0.4 is 0 Å². The van der Waals surface area contributed by atoms with Gasteiger partial charge in [0.2, 0.25) is 0 Å². The zero-order chi connectivity index (χ0) is 11.7. The summed E-state index contributed by atoms with van der Waals surface area (Å²) in [6.07, 6.45) is 0.595. The van der Waals surface area contributed by atoms with Gasteiger partial charge in [-0.1, -0.05) is 39.0 Å². The van der Waals surface area contributed by atoms with Gasteiger partial charge in [0.1, 0.15) is 0 Å². The van der Waals surface area contributed by atoms with Crippen molar-refractivity contribution in [1.29, 1.82) is 0 Å². The number of hydrogen-bond donors (Lipinski definition) is 1. The number of hydrogen-bond acceptors (Lipinski definition) is 2. The van der Waals surface area contributed by atoms with E-state index in [4.69, 9.17) is 0 Å². The van der Waals surface area contributed by atoms with Gasteiger partial charge < -0.3 is 5.11 Å². The molecule has 16 heavy (non-hydrogen) atoms. The van der Waals surface area contributed by atoms with Crippen molar-refractivity contribution in [2.45, 2.75) is 50.2 Å². The van der Waals surface area contributed by atoms with Crippen LogP contribution in [-0.4, -0.2) is 10.4 Å². The summed E-state index contributed by atoms with van der Waals surface area (Å²) in [5, 5.41) is 10.8. The first-order valence-electron chi connectivity index (χ1n) is 6.00. The Bertz CT molecular complexity index is 373. The first-order chi connectivity index (χ1) is 7.58. The summed E-state index contributed by atoms with van der Waals surface area (Å²) >= 11 is 1.94. The summed E-state index contributed by atoms with van der Waals surface area (Å²) in [4.78, 5) is 0. The molecule has 2 heteroatoms. The second-order valence-corrected chi connectivity index (χ2v) is 6.41. The maximum absolute atomic E-state index is 10.2. The first-order valence-corrected chi connectivity index (χ1v) is 7.05. The highest BCUT2D eigenvalue weighted by atomic mass is 32.2. The van der Waals surface area contributed by atoms with E-state index in [0.717, 1.165) is 17.7 Å². The summed E-state index contributed by atoms with van der Waals surface area (Å²) in [6, 6.07) is 6.59. The Balaban J connectivity index is 2.37. The van der Waals surface area contributed by atoms with Gasteiger partial charge in [-0.15, -0.1) is 0 Å². The molecular weight excluding hydrogens is 216 g/mol. The molecule has 0 amide bonds. The van der Waals surface area contributed by atoms with Gasteiger partial charge in [-0.05, 0) is 29.0 Å². The largest absolute Gasteiger partial charge is 0.388 e. The van der Waals surface area contributed by atoms with Gasteiger partial charge >= 0.3 is 0 Å². The van der Waals surface area contributed by atoms with Crippen LogP contribution in [0.5, 0.6) is 0 Å². The number of aliphatic hydroxyl groups excluding tert-OH is 1. The van der Waals surface area contributed by atoms with Gasteiger partial charge in [0.15, 0.2) is 0 Å². The van der Waals surface area contributed by atoms with Gasteiger partial charge in [0, 0.05) is 11.0 Å². The Hall–Kier alpha value is -0.470. The lowest BCUT2D eigenvalue weighted by atomic mass is 9.94. The van der Waals surface area contributed by atoms with E-state index in [0.29, 0.717) is 11.2 Å². The van der Waals surface area contributed by atoms with E-state index >= 15 is 0 Å². The van der Waals surface area contributed by atoms with E-state index in [1.807, 2.05) is 11.8 Å². The average Bonchev–Trinajstić information content (AvgIpc) is 2.38. The molecule has 1 aliphatic rings. The molecule has 0 bridgehead atoms. The maximum Gasteiger partial charge on any atom is 0.0803 e. The molecule has 0 saturated carbocycles. The summed E-state index contributed by atoms with van der Waals surface area (Å²) < 4.78 is 0. The molecule has 0 radical (unpaired) electrons. The lowest BCUT2D eigenvalue weighted by molar-refractivity contribution is 0.168. The second-order valence-electron chi connectivity index (χ2n) is 4.99. The van der Waals surface area contributed by atoms with Crippen LogP contribution in [0, 0.1) is 0 Å². The van der Waals surface area contributed by atoms with Crippen LogP contribution in [0.15, 0.2) is 18.2 Å². The number of benzene rings is 1. The quantitative estimate of drug-likeness (QED) is 0.798. The smallest absolute Gasteiger partial charge is 0.0803 e. The highest BCUT2D eigenvalue weighted by Crippen LogP contribution is 2.35. The normalized spacial score (nSPS) is 25.3. The fraction of sp³-hybridized carbons (Fsp3) is 0.571. The molecule has 0 saturated heterocycles. The number of rotatable bonds is 1. The monoisotopic (exact) mass is 236 g/mol. The number of thioether (sulfide) groups is 1. The van der Waals surface area contributed by atoms with Crippen LogP contribution in [0.1, 0.15) is 55.9 Å². The Morgan fingerprint density at radius 1 is 1.38 bits per heavy atom. The molecule has 0 aliphatic carbocycles. The van der Waals surface area contributed by atoms with Crippen molar-refractivity contribution in [2.75, 3.05) is 0 Å². The molecule has 1 aliphatic heterocycles. The van der Waals surface area contributed by atoms with Gasteiger partial charge in [-0.25, -0.2) is 0 Å². The minimum absolute atomic E-state index is 0.279. The summed E-state index contributed by atoms with van der Waals surface area (Å²) in [7, 11) is 0. The molecule has 88 valence electrons. The van der Waals surface area contributed by atoms with Crippen molar-refractivity contribution in [3.05, 3.63) is 34.9 Å². The molecule has 0 spiro atoms. The molecule has 1 nitrogen and oxygen atoms in total. The Kier molecular flexibility index (Phi) is 3.60. The van der Waals surface area contributed by atoms with E-state index in [1.165, 1.54) is 11.1 Å². The standard InChI is InChI=1S/C14H20OS/c1-9(2)11-4-5-12-8-16-10(3)6-14(15)13(12)7-11/h4-5,7,9-10,14-15H,6,8H2,1-3H3/t10?,14-/m0/s1. The van der Waals surface area contributed by atoms with Crippen LogP contribution >= 0.6 is 11.8 Å². The predicted octanol–water partition coefficient (Wildman–Crippen LogP) is 3.87. The van der Waals surface area contributed by atoms with Crippen molar-refractivity contribution in [1.82, 2.24) is 0 Å². The Morgan fingerprint density at radius 3 is 2.81 bits per heavy atom. The van der Waals surface area contributed by atoms with Crippen molar-refractivity contribution >= 4 is 11.8 Å². The highest BCUT2D eigenvalue weighted by Gasteiger charge is 2.21. The maximum atomic E-state index is 10.2. The van der Waals surface area contributed by atoms with Crippen molar-refractivity contribution < 1.29 is 5.11 Å². The Morgan fingerprint density at radius 2 is 2.12 bits per heavy atom. The lowest BCUT2D eigenvalue weighted by Gasteiger charge is -2.15. The molecular formula is C14H20OS. The summed E-state index contributed by atoms with van der Waals surface area (Å²) in [5.74, 6) is 1.57. The summed E-state index contributed by atoms with van der Waals surface area (Å²) in [5.41, 5.74) is 3.80. The predicted molar refractivity (Wildman–Crippen MR) is 70.9 cm³/mol. The summed E-state index contributed by atoms with van der Waals surface area (Å²) in [6.45, 7) is 6.59. The molecule has 1 aromatic rings. The van der Waals surface area contributed by atoms with E-state index in [1.54, 1.807) is 0 Å². The van der Waals surface area contributed by atoms with E-state index in [9.17, 15) is 5.11 Å². The number of aliphatic hydroxyl groups is 1. The Labute approximate surface area is 102 Å². The van der Waals surface area contributed by atoms with Crippen molar-refractivity contribution in [3.8, 4) is 0 Å². The van der Waals surface area contributed by atoms with Gasteiger partial charge in [0.05, 0.1) is 6.10 Å². The fourth-order valence-electron chi connectivity index (χ4n) is 2.16. The van der Waals surface area contributed by atoms with Gasteiger partial charge in [0.25, 0.3) is 0 Å². The minimum Gasteiger partial charge on any atom is -0.388 e. The molecule has 1 unspecified atom stereocenters. The third-order valence-electron chi connectivity index (χ3n) is 3.27. The van der Waals surface area contributed by atoms with E-state index in [-0.39, 0.29) is 6.10 Å². The number of fused-ring (bicyclic) bond motifs is 1. The molecule has 1 aromatic carbocycles. The van der Waals surface area contributed by atoms with Crippen molar-refractivity contribution in [2.24, 2.45) is 0 Å². The van der Waals surface area contributed by atoms with Crippen LogP contribution in [0.3, 0.4) is 0 Å². The van der Waals surface area contributed by atoms with E-state index in [2.05, 4.69) is 39.0 Å². The van der Waals surface area contributed by atoms with Crippen molar-refractivity contribution in [3.63, 3.8) is 0 Å². The molecule has 0 fully saturated rings. The second kappa shape index (κ2) is 4.80. The molecule has 1 N–H and O–H groups in total. The van der Waals surface area contributed by atoms with Gasteiger partial charge in [-0.2, -0.15) is 11.8 Å². The topological polar surface area (TPSA) is 20.2 Å². The van der Waals surface area contributed by atoms with Crippen LogP contribution in [0.2, 0.25) is 0 Å². The molecule has 2 rings (SSSR count). The van der Waals surface area contributed by atoms with Crippen LogP contribution in [0.25, 0.3) is 0 Å². The van der Waals surface area contributed by atoms with Crippen LogP contribution in [0.4, 0.5) is 0 Å². The van der Waals surface area contributed by atoms with Crippen LogP contribution in [-0.2, 0) is 5.75 Å². The molecule has 2 atom stereocenters. The minimum atomic E-state index is -0.279. The fourth-order valence-corrected chi connectivity index (χ4v) is 3.20. The third kappa shape index (κ3) is 2.44. The zero-order valence-electron chi connectivity index (χ0n) is 10.2. The third-order valence-corrected chi connectivity index (χ3v) is 4.51. The highest BCUT2D eigenvalue weighted by molar-refractivity contribution is 7.99. The van der Waals surface area contributed by atoms with E-state index < -0.39 is 0 Å². The SMILES string of the molecule is CC1C[C@H](O)c2cc(C(C)C)ccc2CS1. The molecule has 0 aromatic heterocycles. The first kappa shape index (κ1) is 12.0.